The van der Waals surface area contributed by atoms with Gasteiger partial charge in [0.15, 0.2) is 0 Å². The molecule has 0 bridgehead atoms. The minimum Gasteiger partial charge on any atom is -0.394 e. The lowest BCUT2D eigenvalue weighted by atomic mass is 10.1. The van der Waals surface area contributed by atoms with Gasteiger partial charge in [-0.1, -0.05) is 18.2 Å². The van der Waals surface area contributed by atoms with Crippen LogP contribution in [0.3, 0.4) is 0 Å². The summed E-state index contributed by atoms with van der Waals surface area (Å²) in [5.74, 6) is -1.59. The van der Waals surface area contributed by atoms with Crippen molar-refractivity contribution >= 4 is 5.91 Å². The Hall–Kier alpha value is -3.57. The maximum absolute atomic E-state index is 13.7. The summed E-state index contributed by atoms with van der Waals surface area (Å²) in [5.41, 5.74) is -2.10. The first-order chi connectivity index (χ1) is 15.1. The van der Waals surface area contributed by atoms with Crippen molar-refractivity contribution in [2.24, 2.45) is 0 Å². The lowest BCUT2D eigenvalue weighted by Crippen LogP contribution is -2.38. The SMILES string of the molecule is O=C(NC[C@@H](O)CO)c1cc(-c2ccc(C(F)(F)F)cc2)nn(-c2cccc(F)c2)c1=O. The Morgan fingerprint density at radius 3 is 2.41 bits per heavy atom. The molecule has 168 valence electrons. The van der Waals surface area contributed by atoms with Crippen LogP contribution in [0, 0.1) is 5.82 Å². The molecule has 1 atom stereocenters. The van der Waals surface area contributed by atoms with Gasteiger partial charge in [-0.2, -0.15) is 23.0 Å². The highest BCUT2D eigenvalue weighted by Crippen LogP contribution is 2.30. The van der Waals surface area contributed by atoms with E-state index in [-0.39, 0.29) is 23.5 Å². The van der Waals surface area contributed by atoms with E-state index in [2.05, 4.69) is 10.4 Å². The summed E-state index contributed by atoms with van der Waals surface area (Å²) in [4.78, 5) is 25.4. The van der Waals surface area contributed by atoms with Gasteiger partial charge in [0, 0.05) is 12.1 Å². The first-order valence-electron chi connectivity index (χ1n) is 9.25. The van der Waals surface area contributed by atoms with Crippen molar-refractivity contribution in [3.63, 3.8) is 0 Å². The van der Waals surface area contributed by atoms with Crippen molar-refractivity contribution in [3.8, 4) is 16.9 Å². The van der Waals surface area contributed by atoms with Gasteiger partial charge in [0.1, 0.15) is 11.4 Å². The number of rotatable bonds is 6. The third-order valence-electron chi connectivity index (χ3n) is 4.43. The standard InChI is InChI=1S/C21H17F4N3O4/c22-14-2-1-3-15(8-14)28-20(32)17(19(31)26-10-16(30)11-29)9-18(27-28)12-4-6-13(7-5-12)21(23,24)25/h1-9,16,29-30H,10-11H2,(H,26,31)/t16-/m1/s1. The Morgan fingerprint density at radius 1 is 1.12 bits per heavy atom. The highest BCUT2D eigenvalue weighted by molar-refractivity contribution is 5.94. The number of benzene rings is 2. The van der Waals surface area contributed by atoms with E-state index < -0.39 is 47.3 Å². The monoisotopic (exact) mass is 451 g/mol. The molecule has 3 rings (SSSR count). The molecule has 0 spiro atoms. The van der Waals surface area contributed by atoms with Gasteiger partial charge in [0.25, 0.3) is 11.5 Å². The number of nitrogens with one attached hydrogen (secondary N) is 1. The van der Waals surface area contributed by atoms with E-state index in [0.717, 1.165) is 47.1 Å². The van der Waals surface area contributed by atoms with E-state index in [0.29, 0.717) is 0 Å². The molecule has 1 heterocycles. The van der Waals surface area contributed by atoms with Crippen LogP contribution in [0.1, 0.15) is 15.9 Å². The van der Waals surface area contributed by atoms with E-state index in [4.69, 9.17) is 5.11 Å². The molecule has 1 aromatic heterocycles. The second-order valence-electron chi connectivity index (χ2n) is 6.76. The first kappa shape index (κ1) is 23.1. The van der Waals surface area contributed by atoms with E-state index >= 15 is 0 Å². The number of halogens is 4. The smallest absolute Gasteiger partial charge is 0.394 e. The molecule has 3 N–H and O–H groups in total. The summed E-state index contributed by atoms with van der Waals surface area (Å²) < 4.78 is 53.0. The second kappa shape index (κ2) is 9.28. The van der Waals surface area contributed by atoms with Crippen LogP contribution in [0.2, 0.25) is 0 Å². The molecule has 1 amide bonds. The third kappa shape index (κ3) is 5.18. The maximum Gasteiger partial charge on any atom is 0.416 e. The van der Waals surface area contributed by atoms with E-state index in [1.807, 2.05) is 0 Å². The number of aliphatic hydroxyl groups is 2. The van der Waals surface area contributed by atoms with Gasteiger partial charge in [-0.25, -0.2) is 4.39 Å². The van der Waals surface area contributed by atoms with Crippen molar-refractivity contribution in [2.45, 2.75) is 12.3 Å². The predicted molar refractivity (Wildman–Crippen MR) is 106 cm³/mol. The van der Waals surface area contributed by atoms with Crippen LogP contribution in [0.25, 0.3) is 16.9 Å². The molecular weight excluding hydrogens is 434 g/mol. The van der Waals surface area contributed by atoms with Gasteiger partial charge in [-0.05, 0) is 36.4 Å². The number of hydrogen-bond acceptors (Lipinski definition) is 5. The van der Waals surface area contributed by atoms with Gasteiger partial charge in [0.05, 0.1) is 29.7 Å². The molecule has 0 aliphatic rings. The number of nitrogens with zero attached hydrogens (tertiary/aromatic N) is 2. The van der Waals surface area contributed by atoms with Crippen molar-refractivity contribution in [1.82, 2.24) is 15.1 Å². The van der Waals surface area contributed by atoms with Crippen molar-refractivity contribution < 1.29 is 32.6 Å². The lowest BCUT2D eigenvalue weighted by Gasteiger charge is -2.13. The zero-order chi connectivity index (χ0) is 23.5. The Kier molecular flexibility index (Phi) is 6.70. The fourth-order valence-corrected chi connectivity index (χ4v) is 2.78. The minimum absolute atomic E-state index is 0.00629. The van der Waals surface area contributed by atoms with Crippen LogP contribution in [-0.4, -0.2) is 45.2 Å². The van der Waals surface area contributed by atoms with E-state index in [1.165, 1.54) is 12.1 Å². The molecule has 3 aromatic rings. The van der Waals surface area contributed by atoms with Crippen LogP contribution in [0.15, 0.2) is 59.4 Å². The molecule has 0 unspecified atom stereocenters. The Morgan fingerprint density at radius 2 is 1.81 bits per heavy atom. The topological polar surface area (TPSA) is 104 Å². The number of aliphatic hydroxyl groups excluding tert-OH is 2. The number of carbonyl (C=O) groups excluding carboxylic acids is 1. The molecule has 0 aliphatic carbocycles. The third-order valence-corrected chi connectivity index (χ3v) is 4.43. The molecule has 0 aliphatic heterocycles. The number of aromatic nitrogens is 2. The Labute approximate surface area is 178 Å². The highest BCUT2D eigenvalue weighted by Gasteiger charge is 2.30. The number of amides is 1. The minimum atomic E-state index is -4.55. The number of hydrogen-bond donors (Lipinski definition) is 3. The summed E-state index contributed by atoms with van der Waals surface area (Å²) in [6.07, 6.45) is -5.81. The van der Waals surface area contributed by atoms with Gasteiger partial charge in [0.2, 0.25) is 0 Å². The summed E-state index contributed by atoms with van der Waals surface area (Å²) in [5, 5.41) is 24.7. The van der Waals surface area contributed by atoms with Gasteiger partial charge < -0.3 is 15.5 Å². The van der Waals surface area contributed by atoms with Crippen LogP contribution in [0.4, 0.5) is 17.6 Å². The summed E-state index contributed by atoms with van der Waals surface area (Å²) in [6, 6.07) is 9.82. The average Bonchev–Trinajstić information content (AvgIpc) is 2.76. The normalized spacial score (nSPS) is 12.4. The molecule has 0 saturated heterocycles. The molecule has 7 nitrogen and oxygen atoms in total. The summed E-state index contributed by atoms with van der Waals surface area (Å²) >= 11 is 0. The summed E-state index contributed by atoms with van der Waals surface area (Å²) in [6.45, 7) is -0.979. The van der Waals surface area contributed by atoms with Crippen molar-refractivity contribution in [2.75, 3.05) is 13.2 Å². The van der Waals surface area contributed by atoms with Crippen LogP contribution in [0.5, 0.6) is 0 Å². The summed E-state index contributed by atoms with van der Waals surface area (Å²) in [7, 11) is 0. The highest BCUT2D eigenvalue weighted by atomic mass is 19.4. The van der Waals surface area contributed by atoms with Crippen molar-refractivity contribution in [1.29, 1.82) is 0 Å². The molecule has 0 saturated carbocycles. The quantitative estimate of drug-likeness (QED) is 0.499. The van der Waals surface area contributed by atoms with Gasteiger partial charge in [-0.3, -0.25) is 9.59 Å². The fraction of sp³-hybridized carbons (Fsp3) is 0.190. The molecule has 32 heavy (non-hydrogen) atoms. The van der Waals surface area contributed by atoms with Crippen LogP contribution in [-0.2, 0) is 6.18 Å². The fourth-order valence-electron chi connectivity index (χ4n) is 2.78. The second-order valence-corrected chi connectivity index (χ2v) is 6.76. The molecule has 0 radical (unpaired) electrons. The zero-order valence-corrected chi connectivity index (χ0v) is 16.3. The average molecular weight is 451 g/mol. The molecule has 2 aromatic carbocycles. The Bertz CT molecular complexity index is 1180. The maximum atomic E-state index is 13.7. The Balaban J connectivity index is 2.12. The largest absolute Gasteiger partial charge is 0.416 e. The van der Waals surface area contributed by atoms with Crippen LogP contribution >= 0.6 is 0 Å². The van der Waals surface area contributed by atoms with Gasteiger partial charge >= 0.3 is 6.18 Å². The van der Waals surface area contributed by atoms with E-state index in [9.17, 15) is 32.3 Å². The van der Waals surface area contributed by atoms with Gasteiger partial charge in [-0.15, -0.1) is 0 Å². The molecule has 0 fully saturated rings. The zero-order valence-electron chi connectivity index (χ0n) is 16.3. The first-order valence-corrected chi connectivity index (χ1v) is 9.25. The molecule has 11 heteroatoms. The van der Waals surface area contributed by atoms with Crippen LogP contribution < -0.4 is 10.9 Å². The number of carbonyl (C=O) groups is 1. The van der Waals surface area contributed by atoms with Crippen molar-refractivity contribution in [3.05, 3.63) is 81.9 Å². The number of alkyl halides is 3. The van der Waals surface area contributed by atoms with E-state index in [1.54, 1.807) is 0 Å². The predicted octanol–water partition coefficient (Wildman–Crippen LogP) is 2.14. The molecular formula is C21H17F4N3O4. The lowest BCUT2D eigenvalue weighted by molar-refractivity contribution is -0.137.